The van der Waals surface area contributed by atoms with E-state index in [2.05, 4.69) is 25.9 Å². The van der Waals surface area contributed by atoms with E-state index in [-0.39, 0.29) is 28.0 Å². The first-order valence-corrected chi connectivity index (χ1v) is 12.1. The number of fused-ring (bicyclic) bond motifs is 1. The molecule has 0 saturated carbocycles. The number of aromatic amines is 1. The van der Waals surface area contributed by atoms with Gasteiger partial charge in [-0.05, 0) is 76.6 Å². The smallest absolute Gasteiger partial charge is 0.383 e. The number of H-pyrrole nitrogens is 1. The molecule has 0 unspecified atom stereocenters. The number of nitrogens with one attached hydrogen (secondary N) is 4. The Morgan fingerprint density at radius 3 is 2.28 bits per heavy atom. The maximum atomic E-state index is 14.5. The summed E-state index contributed by atoms with van der Waals surface area (Å²) in [5.74, 6) is -0.856. The molecule has 196 valence electrons. The normalized spacial score (nSPS) is 11.8. The van der Waals surface area contributed by atoms with Crippen LogP contribution >= 0.6 is 0 Å². The first kappa shape index (κ1) is 27.6. The number of rotatable bonds is 14. The fourth-order valence-electron chi connectivity index (χ4n) is 3.77. The standard InChI is InChI=1S/C25H32F4N6O/c26-20-15-18-21(16-22(20)33-14-6-13-32-11-4-3-10-31-12-5-9-30)34-23(35-24(18)36)17-7-1-2-8-19(17)25(27,28)29/h1-2,7-8,15-16,31-33H,3-6,9-14,30H2,(H,34,35,36). The van der Waals surface area contributed by atoms with E-state index in [1.807, 2.05) is 0 Å². The number of aromatic nitrogens is 2. The maximum Gasteiger partial charge on any atom is 0.417 e. The number of benzene rings is 2. The summed E-state index contributed by atoms with van der Waals surface area (Å²) >= 11 is 0. The molecule has 1 heterocycles. The van der Waals surface area contributed by atoms with Crippen molar-refractivity contribution in [3.63, 3.8) is 0 Å². The first-order valence-electron chi connectivity index (χ1n) is 12.1. The Labute approximate surface area is 206 Å². The van der Waals surface area contributed by atoms with Crippen LogP contribution in [0.15, 0.2) is 41.2 Å². The number of alkyl halides is 3. The van der Waals surface area contributed by atoms with Crippen molar-refractivity contribution in [3.8, 4) is 11.4 Å². The zero-order valence-electron chi connectivity index (χ0n) is 20.0. The Morgan fingerprint density at radius 2 is 1.58 bits per heavy atom. The van der Waals surface area contributed by atoms with Crippen molar-refractivity contribution in [3.05, 3.63) is 58.1 Å². The molecule has 0 aliphatic heterocycles. The number of hydrogen-bond donors (Lipinski definition) is 5. The van der Waals surface area contributed by atoms with Crippen LogP contribution in [0.25, 0.3) is 22.3 Å². The molecule has 7 nitrogen and oxygen atoms in total. The van der Waals surface area contributed by atoms with Gasteiger partial charge in [-0.2, -0.15) is 13.2 Å². The maximum absolute atomic E-state index is 14.5. The van der Waals surface area contributed by atoms with E-state index in [4.69, 9.17) is 5.73 Å². The topological polar surface area (TPSA) is 108 Å². The average Bonchev–Trinajstić information content (AvgIpc) is 2.85. The van der Waals surface area contributed by atoms with E-state index in [1.54, 1.807) is 0 Å². The third-order valence-electron chi connectivity index (χ3n) is 5.64. The molecule has 0 bridgehead atoms. The molecule has 0 aliphatic rings. The predicted octanol–water partition coefficient (Wildman–Crippen LogP) is 3.86. The van der Waals surface area contributed by atoms with Crippen LogP contribution in [0, 0.1) is 5.82 Å². The number of nitrogens with zero attached hydrogens (tertiary/aromatic N) is 1. The molecule has 36 heavy (non-hydrogen) atoms. The van der Waals surface area contributed by atoms with Gasteiger partial charge in [0.25, 0.3) is 5.56 Å². The summed E-state index contributed by atoms with van der Waals surface area (Å²) in [5.41, 5.74) is 3.81. The van der Waals surface area contributed by atoms with Crippen LogP contribution in [0.4, 0.5) is 23.2 Å². The van der Waals surface area contributed by atoms with Gasteiger partial charge in [0.15, 0.2) is 0 Å². The van der Waals surface area contributed by atoms with Crippen LogP contribution in [0.2, 0.25) is 0 Å². The van der Waals surface area contributed by atoms with E-state index in [0.29, 0.717) is 13.1 Å². The summed E-state index contributed by atoms with van der Waals surface area (Å²) in [4.78, 5) is 19.0. The molecule has 0 fully saturated rings. The SMILES string of the molecule is NCCCNCCCCNCCCNc1cc2nc(-c3ccccc3C(F)(F)F)[nH]c(=O)c2cc1F. The van der Waals surface area contributed by atoms with Crippen LogP contribution in [0.1, 0.15) is 31.2 Å². The lowest BCUT2D eigenvalue weighted by Crippen LogP contribution is -2.22. The van der Waals surface area contributed by atoms with E-state index in [1.165, 1.54) is 24.3 Å². The monoisotopic (exact) mass is 508 g/mol. The van der Waals surface area contributed by atoms with Crippen LogP contribution in [0.5, 0.6) is 0 Å². The molecule has 3 aromatic rings. The average molecular weight is 509 g/mol. The Kier molecular flexibility index (Phi) is 10.2. The zero-order chi connectivity index (χ0) is 26.0. The number of nitrogens with two attached hydrogens (primary N) is 1. The third-order valence-corrected chi connectivity index (χ3v) is 5.64. The fourth-order valence-corrected chi connectivity index (χ4v) is 3.77. The largest absolute Gasteiger partial charge is 0.417 e. The summed E-state index contributed by atoms with van der Waals surface area (Å²) < 4.78 is 54.8. The molecule has 3 rings (SSSR count). The first-order chi connectivity index (χ1) is 17.3. The molecule has 1 aromatic heterocycles. The highest BCUT2D eigenvalue weighted by Gasteiger charge is 2.34. The lowest BCUT2D eigenvalue weighted by atomic mass is 10.1. The van der Waals surface area contributed by atoms with E-state index < -0.39 is 23.1 Å². The molecule has 0 amide bonds. The van der Waals surface area contributed by atoms with Gasteiger partial charge in [-0.3, -0.25) is 4.79 Å². The van der Waals surface area contributed by atoms with Crippen molar-refractivity contribution >= 4 is 16.6 Å². The van der Waals surface area contributed by atoms with Crippen molar-refractivity contribution < 1.29 is 17.6 Å². The summed E-state index contributed by atoms with van der Waals surface area (Å²) in [6.45, 7) is 4.70. The van der Waals surface area contributed by atoms with E-state index >= 15 is 0 Å². The summed E-state index contributed by atoms with van der Waals surface area (Å²) in [6.07, 6.45) is -0.793. The highest BCUT2D eigenvalue weighted by molar-refractivity contribution is 5.83. The molecular formula is C25H32F4N6O. The van der Waals surface area contributed by atoms with Gasteiger partial charge in [-0.15, -0.1) is 0 Å². The van der Waals surface area contributed by atoms with Crippen LogP contribution in [-0.2, 0) is 6.18 Å². The minimum atomic E-state index is -4.62. The predicted molar refractivity (Wildman–Crippen MR) is 135 cm³/mol. The molecule has 0 saturated heterocycles. The summed E-state index contributed by atoms with van der Waals surface area (Å²) in [6, 6.07) is 7.25. The van der Waals surface area contributed by atoms with Crippen molar-refractivity contribution in [2.45, 2.75) is 31.9 Å². The van der Waals surface area contributed by atoms with Gasteiger partial charge in [0, 0.05) is 12.1 Å². The Hall–Kier alpha value is -3.02. The summed E-state index contributed by atoms with van der Waals surface area (Å²) in [5, 5.41) is 9.61. The second-order valence-electron chi connectivity index (χ2n) is 8.44. The molecule has 0 atom stereocenters. The Bertz CT molecular complexity index is 1180. The van der Waals surface area contributed by atoms with Crippen molar-refractivity contribution in [1.82, 2.24) is 20.6 Å². The third kappa shape index (κ3) is 7.74. The van der Waals surface area contributed by atoms with Gasteiger partial charge in [-0.25, -0.2) is 9.37 Å². The fraction of sp³-hybridized carbons (Fsp3) is 0.440. The highest BCUT2D eigenvalue weighted by atomic mass is 19.4. The van der Waals surface area contributed by atoms with Crippen LogP contribution in [-0.4, -0.2) is 49.2 Å². The van der Waals surface area contributed by atoms with Gasteiger partial charge < -0.3 is 26.7 Å². The summed E-state index contributed by atoms with van der Waals surface area (Å²) in [7, 11) is 0. The van der Waals surface area contributed by atoms with Gasteiger partial charge in [0.1, 0.15) is 11.6 Å². The van der Waals surface area contributed by atoms with Gasteiger partial charge in [0.2, 0.25) is 0 Å². The highest BCUT2D eigenvalue weighted by Crippen LogP contribution is 2.35. The molecule has 6 N–H and O–H groups in total. The van der Waals surface area contributed by atoms with Crippen molar-refractivity contribution in [2.24, 2.45) is 5.73 Å². The molecule has 11 heteroatoms. The molecule has 2 aromatic carbocycles. The molecule has 0 aliphatic carbocycles. The van der Waals surface area contributed by atoms with Gasteiger partial charge in [0.05, 0.1) is 22.2 Å². The quantitative estimate of drug-likeness (QED) is 0.167. The molecular weight excluding hydrogens is 476 g/mol. The van der Waals surface area contributed by atoms with Gasteiger partial charge >= 0.3 is 6.18 Å². The second-order valence-corrected chi connectivity index (χ2v) is 8.44. The van der Waals surface area contributed by atoms with Crippen molar-refractivity contribution in [2.75, 3.05) is 44.6 Å². The Balaban J connectivity index is 1.58. The number of halogens is 4. The van der Waals surface area contributed by atoms with Crippen LogP contribution in [0.3, 0.4) is 0 Å². The number of unbranched alkanes of at least 4 members (excludes halogenated alkanes) is 1. The lowest BCUT2D eigenvalue weighted by molar-refractivity contribution is -0.137. The lowest BCUT2D eigenvalue weighted by Gasteiger charge is -2.13. The molecule has 0 spiro atoms. The minimum absolute atomic E-state index is 0.0366. The number of hydrogen-bond acceptors (Lipinski definition) is 6. The molecule has 0 radical (unpaired) electrons. The second kappa shape index (κ2) is 13.3. The Morgan fingerprint density at radius 1 is 0.917 bits per heavy atom. The van der Waals surface area contributed by atoms with E-state index in [0.717, 1.165) is 64.0 Å². The van der Waals surface area contributed by atoms with Crippen LogP contribution < -0.4 is 27.2 Å². The minimum Gasteiger partial charge on any atom is -0.383 e. The van der Waals surface area contributed by atoms with Crippen molar-refractivity contribution in [1.29, 1.82) is 0 Å². The van der Waals surface area contributed by atoms with Gasteiger partial charge in [-0.1, -0.05) is 18.2 Å². The number of anilines is 1. The zero-order valence-corrected chi connectivity index (χ0v) is 20.0. The van der Waals surface area contributed by atoms with E-state index in [9.17, 15) is 22.4 Å².